The summed E-state index contributed by atoms with van der Waals surface area (Å²) in [6.07, 6.45) is 8.98. The second-order valence-corrected chi connectivity index (χ2v) is 8.45. The normalized spacial score (nSPS) is 12.2. The average molecular weight is 450 g/mol. The fourth-order valence-corrected chi connectivity index (χ4v) is 2.96. The van der Waals surface area contributed by atoms with Crippen molar-refractivity contribution in [2.45, 2.75) is 77.2 Å². The van der Waals surface area contributed by atoms with Crippen molar-refractivity contribution in [1.29, 1.82) is 0 Å². The summed E-state index contributed by atoms with van der Waals surface area (Å²) in [4.78, 5) is 51.3. The number of carbonyl (C=O) groups excluding carboxylic acids is 2. The molecule has 0 aliphatic carbocycles. The molecule has 5 N–H and O–H groups in total. The molecule has 0 radical (unpaired) electrons. The lowest BCUT2D eigenvalue weighted by Gasteiger charge is -2.15. The minimum atomic E-state index is -4.79. The van der Waals surface area contributed by atoms with Gasteiger partial charge in [-0.15, -0.1) is 0 Å². The van der Waals surface area contributed by atoms with Gasteiger partial charge >= 0.3 is 13.8 Å². The van der Waals surface area contributed by atoms with E-state index in [1.807, 2.05) is 0 Å². The van der Waals surface area contributed by atoms with Crippen molar-refractivity contribution in [1.82, 2.24) is 10.6 Å². The van der Waals surface area contributed by atoms with E-state index in [1.165, 1.54) is 0 Å². The lowest BCUT2D eigenvalue weighted by atomic mass is 10.1. The van der Waals surface area contributed by atoms with E-state index in [0.29, 0.717) is 18.5 Å². The van der Waals surface area contributed by atoms with Gasteiger partial charge in [-0.25, -0.2) is 9.36 Å². The lowest BCUT2D eigenvalue weighted by Crippen LogP contribution is -2.43. The zero-order chi connectivity index (χ0) is 23.0. The molecule has 0 aromatic heterocycles. The predicted octanol–water partition coefficient (Wildman–Crippen LogP) is 2.26. The third-order valence-electron chi connectivity index (χ3n) is 4.30. The van der Waals surface area contributed by atoms with Crippen LogP contribution in [-0.2, 0) is 23.5 Å². The monoisotopic (exact) mass is 450 g/mol. The number of hydrogen-bond acceptors (Lipinski definition) is 5. The third kappa shape index (κ3) is 17.1. The van der Waals surface area contributed by atoms with E-state index < -0.39 is 32.3 Å². The molecule has 0 spiro atoms. The van der Waals surface area contributed by atoms with E-state index in [0.717, 1.165) is 51.4 Å². The summed E-state index contributed by atoms with van der Waals surface area (Å²) in [5.41, 5.74) is 0.517. The van der Waals surface area contributed by atoms with Crippen LogP contribution >= 0.6 is 7.82 Å². The second-order valence-electron chi connectivity index (χ2n) is 7.21. The van der Waals surface area contributed by atoms with Crippen molar-refractivity contribution in [2.75, 3.05) is 13.2 Å². The number of nitrogens with one attached hydrogen (secondary N) is 2. The Kier molecular flexibility index (Phi) is 15.1. The van der Waals surface area contributed by atoms with Crippen molar-refractivity contribution >= 4 is 25.6 Å². The van der Waals surface area contributed by atoms with E-state index in [-0.39, 0.29) is 12.3 Å². The number of hydrogen-bond donors (Lipinski definition) is 5. The minimum absolute atomic E-state index is 0.100. The van der Waals surface area contributed by atoms with E-state index in [9.17, 15) is 18.9 Å². The van der Waals surface area contributed by atoms with Crippen molar-refractivity contribution in [3.63, 3.8) is 0 Å². The van der Waals surface area contributed by atoms with Crippen LogP contribution < -0.4 is 10.6 Å². The van der Waals surface area contributed by atoms with E-state index >= 15 is 0 Å². The molecule has 0 aromatic rings. The topological polar surface area (TPSA) is 162 Å². The number of carbonyl (C=O) groups is 3. The van der Waals surface area contributed by atoms with Crippen LogP contribution in [0, 0.1) is 0 Å². The van der Waals surface area contributed by atoms with Gasteiger partial charge in [0.1, 0.15) is 0 Å². The van der Waals surface area contributed by atoms with Crippen molar-refractivity contribution in [3.8, 4) is 0 Å². The Bertz CT molecular complexity index is 605. The predicted molar refractivity (Wildman–Crippen MR) is 112 cm³/mol. The summed E-state index contributed by atoms with van der Waals surface area (Å²) >= 11 is 0. The minimum Gasteiger partial charge on any atom is -0.480 e. The summed E-state index contributed by atoms with van der Waals surface area (Å²) in [5.74, 6) is -2.01. The van der Waals surface area contributed by atoms with Crippen LogP contribution in [-0.4, -0.2) is 51.9 Å². The number of carboxylic acid groups (broad SMARTS) is 1. The van der Waals surface area contributed by atoms with E-state index in [2.05, 4.69) is 21.7 Å². The van der Waals surface area contributed by atoms with Crippen LogP contribution in [0.1, 0.15) is 71.1 Å². The first kappa shape index (κ1) is 28.3. The van der Waals surface area contributed by atoms with Gasteiger partial charge in [-0.05, 0) is 19.8 Å². The van der Waals surface area contributed by atoms with Crippen molar-refractivity contribution in [2.24, 2.45) is 0 Å². The first-order valence-electron chi connectivity index (χ1n) is 10.2. The van der Waals surface area contributed by atoms with Gasteiger partial charge in [0.05, 0.1) is 6.61 Å². The molecule has 1 atom stereocenters. The molecule has 2 amide bonds. The summed E-state index contributed by atoms with van der Waals surface area (Å²) in [7, 11) is -4.79. The number of phosphoric ester groups is 1. The zero-order valence-corrected chi connectivity index (χ0v) is 18.5. The van der Waals surface area contributed by atoms with Gasteiger partial charge in [0.2, 0.25) is 11.8 Å². The first-order valence-corrected chi connectivity index (χ1v) is 11.7. The number of phosphoric acid groups is 1. The highest BCUT2D eigenvalue weighted by atomic mass is 31.2. The van der Waals surface area contributed by atoms with Crippen LogP contribution in [0.3, 0.4) is 0 Å². The van der Waals surface area contributed by atoms with Crippen molar-refractivity contribution < 1.29 is 38.4 Å². The largest absolute Gasteiger partial charge is 0.480 e. The molecular formula is C19H35N2O8P. The SMILES string of the molecule is C=C(C)C(=O)NCCCCCCCCCCCC(=O)N[C@@H](COP(=O)(O)O)C(=O)O. The molecule has 0 saturated carbocycles. The maximum absolute atomic E-state index is 11.8. The van der Waals surface area contributed by atoms with Crippen LogP contribution in [0.4, 0.5) is 0 Å². The Morgan fingerprint density at radius 3 is 1.93 bits per heavy atom. The Morgan fingerprint density at radius 2 is 1.47 bits per heavy atom. The fourth-order valence-electron chi connectivity index (χ4n) is 2.61. The van der Waals surface area contributed by atoms with Gasteiger partial charge in [-0.3, -0.25) is 14.1 Å². The third-order valence-corrected chi connectivity index (χ3v) is 4.78. The molecule has 11 heteroatoms. The first-order chi connectivity index (χ1) is 14.0. The highest BCUT2D eigenvalue weighted by Crippen LogP contribution is 2.35. The van der Waals surface area contributed by atoms with Gasteiger partial charge in [0.15, 0.2) is 6.04 Å². The van der Waals surface area contributed by atoms with Gasteiger partial charge < -0.3 is 25.5 Å². The molecule has 0 aliphatic heterocycles. The van der Waals surface area contributed by atoms with Gasteiger partial charge in [-0.2, -0.15) is 0 Å². The van der Waals surface area contributed by atoms with Gasteiger partial charge in [0.25, 0.3) is 0 Å². The zero-order valence-electron chi connectivity index (χ0n) is 17.6. The highest BCUT2D eigenvalue weighted by molar-refractivity contribution is 7.46. The summed E-state index contributed by atoms with van der Waals surface area (Å²) in [5, 5.41) is 14.0. The van der Waals surface area contributed by atoms with Gasteiger partial charge in [0, 0.05) is 18.5 Å². The molecule has 0 heterocycles. The molecule has 10 nitrogen and oxygen atoms in total. The average Bonchev–Trinajstić information content (AvgIpc) is 2.64. The fraction of sp³-hybridized carbons (Fsp3) is 0.737. The number of aliphatic carboxylic acids is 1. The van der Waals surface area contributed by atoms with E-state index in [4.69, 9.17) is 14.9 Å². The summed E-state index contributed by atoms with van der Waals surface area (Å²) in [6.45, 7) is 5.13. The Balaban J connectivity index is 3.63. The number of unbranched alkanes of at least 4 members (excludes halogenated alkanes) is 8. The maximum Gasteiger partial charge on any atom is 0.469 e. The summed E-state index contributed by atoms with van der Waals surface area (Å²) < 4.78 is 14.8. The molecule has 0 unspecified atom stereocenters. The van der Waals surface area contributed by atoms with Crippen molar-refractivity contribution in [3.05, 3.63) is 12.2 Å². The Morgan fingerprint density at radius 1 is 0.967 bits per heavy atom. The molecule has 0 rings (SSSR count). The Hall–Kier alpha value is -1.74. The maximum atomic E-state index is 11.8. The molecule has 0 bridgehead atoms. The van der Waals surface area contributed by atoms with Crippen LogP contribution in [0.15, 0.2) is 12.2 Å². The molecule has 0 fully saturated rings. The molecule has 174 valence electrons. The number of carboxylic acids is 1. The van der Waals surface area contributed by atoms with Gasteiger partial charge in [-0.1, -0.05) is 51.5 Å². The quantitative estimate of drug-likeness (QED) is 0.121. The molecule has 0 saturated heterocycles. The van der Waals surface area contributed by atoms with Crippen LogP contribution in [0.25, 0.3) is 0 Å². The molecule has 30 heavy (non-hydrogen) atoms. The van der Waals surface area contributed by atoms with Crippen LogP contribution in [0.5, 0.6) is 0 Å². The highest BCUT2D eigenvalue weighted by Gasteiger charge is 2.24. The van der Waals surface area contributed by atoms with Crippen LogP contribution in [0.2, 0.25) is 0 Å². The number of rotatable bonds is 18. The number of amides is 2. The molecule has 0 aliphatic rings. The molecular weight excluding hydrogens is 415 g/mol. The molecule has 0 aromatic carbocycles. The lowest BCUT2D eigenvalue weighted by molar-refractivity contribution is -0.142. The smallest absolute Gasteiger partial charge is 0.469 e. The summed E-state index contributed by atoms with van der Waals surface area (Å²) in [6, 6.07) is -1.50. The standard InChI is InChI=1S/C19H35N2O8P/c1-15(2)18(23)20-13-11-9-7-5-3-4-6-8-10-12-17(22)21-16(19(24)25)14-29-30(26,27)28/h16H,1,3-14H2,2H3,(H,20,23)(H,21,22)(H,24,25)(H2,26,27,28)/t16-/m0/s1. The van der Waals surface area contributed by atoms with E-state index in [1.54, 1.807) is 6.92 Å². The second kappa shape index (κ2) is 16.0. The Labute approximate surface area is 177 Å².